The molecule has 60 valence electrons. The van der Waals surface area contributed by atoms with E-state index < -0.39 is 0 Å². The van der Waals surface area contributed by atoms with Gasteiger partial charge in [0.15, 0.2) is 0 Å². The Hall–Kier alpha value is -0.500. The van der Waals surface area contributed by atoms with E-state index in [2.05, 4.69) is 9.97 Å². The van der Waals surface area contributed by atoms with Crippen molar-refractivity contribution in [3.63, 3.8) is 0 Å². The third kappa shape index (κ3) is 1.27. The highest BCUT2D eigenvalue weighted by atomic mass is 35.5. The standard InChI is InChI=1S/C8H11ClN2/c1-5-7(4-9)11-8(10-5)6-2-3-6/h6H,2-4H2,1H3,(H,10,11). The Morgan fingerprint density at radius 3 is 2.82 bits per heavy atom. The molecule has 0 amide bonds. The minimum absolute atomic E-state index is 0.523. The summed E-state index contributed by atoms with van der Waals surface area (Å²) in [6.45, 7) is 2.02. The van der Waals surface area contributed by atoms with Gasteiger partial charge in [0.1, 0.15) is 5.82 Å². The summed E-state index contributed by atoms with van der Waals surface area (Å²) in [5.41, 5.74) is 2.13. The molecule has 0 atom stereocenters. The zero-order chi connectivity index (χ0) is 7.84. The molecule has 0 unspecified atom stereocenters. The van der Waals surface area contributed by atoms with Crippen molar-refractivity contribution in [2.24, 2.45) is 0 Å². The van der Waals surface area contributed by atoms with Crippen LogP contribution in [0.15, 0.2) is 0 Å². The van der Waals surface area contributed by atoms with Crippen LogP contribution in [0.3, 0.4) is 0 Å². The van der Waals surface area contributed by atoms with Crippen LogP contribution < -0.4 is 0 Å². The van der Waals surface area contributed by atoms with Crippen LogP contribution in [-0.4, -0.2) is 9.97 Å². The summed E-state index contributed by atoms with van der Waals surface area (Å²) in [7, 11) is 0. The number of aromatic amines is 1. The van der Waals surface area contributed by atoms with E-state index in [-0.39, 0.29) is 0 Å². The van der Waals surface area contributed by atoms with Gasteiger partial charge in [0.05, 0.1) is 11.6 Å². The molecule has 0 bridgehead atoms. The molecule has 0 aliphatic heterocycles. The van der Waals surface area contributed by atoms with Gasteiger partial charge < -0.3 is 4.98 Å². The molecule has 0 radical (unpaired) electrons. The molecule has 1 aliphatic carbocycles. The van der Waals surface area contributed by atoms with Crippen LogP contribution in [0.2, 0.25) is 0 Å². The summed E-state index contributed by atoms with van der Waals surface area (Å²) in [5, 5.41) is 0. The number of halogens is 1. The topological polar surface area (TPSA) is 28.7 Å². The largest absolute Gasteiger partial charge is 0.346 e. The minimum atomic E-state index is 0.523. The van der Waals surface area contributed by atoms with E-state index in [1.807, 2.05) is 6.92 Å². The van der Waals surface area contributed by atoms with Crippen molar-refractivity contribution in [2.75, 3.05) is 0 Å². The van der Waals surface area contributed by atoms with Crippen molar-refractivity contribution in [3.05, 3.63) is 17.2 Å². The van der Waals surface area contributed by atoms with Gasteiger partial charge in [-0.05, 0) is 19.8 Å². The van der Waals surface area contributed by atoms with Gasteiger partial charge in [-0.1, -0.05) is 0 Å². The predicted octanol–water partition coefficient (Wildman–Crippen LogP) is 2.33. The number of aryl methyl sites for hydroxylation is 1. The van der Waals surface area contributed by atoms with Crippen molar-refractivity contribution >= 4 is 11.6 Å². The first kappa shape index (κ1) is 7.17. The maximum atomic E-state index is 5.69. The lowest BCUT2D eigenvalue weighted by Gasteiger charge is -1.84. The normalized spacial score (nSPS) is 17.3. The van der Waals surface area contributed by atoms with Crippen LogP contribution in [-0.2, 0) is 5.88 Å². The molecule has 1 aliphatic rings. The number of hydrogen-bond donors (Lipinski definition) is 1. The number of nitrogens with one attached hydrogen (secondary N) is 1. The minimum Gasteiger partial charge on any atom is -0.346 e. The molecule has 11 heavy (non-hydrogen) atoms. The van der Waals surface area contributed by atoms with Crippen LogP contribution in [0.4, 0.5) is 0 Å². The van der Waals surface area contributed by atoms with Crippen LogP contribution in [0.1, 0.15) is 36.0 Å². The zero-order valence-corrected chi connectivity index (χ0v) is 7.28. The van der Waals surface area contributed by atoms with Crippen molar-refractivity contribution in [1.82, 2.24) is 9.97 Å². The number of aromatic nitrogens is 2. The predicted molar refractivity (Wildman–Crippen MR) is 44.9 cm³/mol. The number of alkyl halides is 1. The zero-order valence-electron chi connectivity index (χ0n) is 6.52. The maximum absolute atomic E-state index is 5.69. The number of hydrogen-bond acceptors (Lipinski definition) is 1. The smallest absolute Gasteiger partial charge is 0.109 e. The molecule has 1 aromatic heterocycles. The lowest BCUT2D eigenvalue weighted by atomic mass is 10.4. The summed E-state index contributed by atoms with van der Waals surface area (Å²) in [6, 6.07) is 0. The molecule has 1 aromatic rings. The van der Waals surface area contributed by atoms with Crippen LogP contribution in [0.25, 0.3) is 0 Å². The Bertz CT molecular complexity index is 263. The molecular weight excluding hydrogens is 160 g/mol. The SMILES string of the molecule is Cc1[nH]c(C2CC2)nc1CCl. The van der Waals surface area contributed by atoms with E-state index in [1.54, 1.807) is 0 Å². The molecular formula is C8H11ClN2. The molecule has 0 saturated heterocycles. The van der Waals surface area contributed by atoms with Gasteiger partial charge in [0.25, 0.3) is 0 Å². The number of rotatable bonds is 2. The molecule has 1 fully saturated rings. The average molecular weight is 171 g/mol. The van der Waals surface area contributed by atoms with Gasteiger partial charge >= 0.3 is 0 Å². The Balaban J connectivity index is 2.28. The fourth-order valence-corrected chi connectivity index (χ4v) is 1.46. The van der Waals surface area contributed by atoms with Gasteiger partial charge in [0.2, 0.25) is 0 Å². The Kier molecular flexibility index (Phi) is 1.64. The second-order valence-electron chi connectivity index (χ2n) is 3.10. The summed E-state index contributed by atoms with van der Waals surface area (Å²) in [6.07, 6.45) is 2.57. The fraction of sp³-hybridized carbons (Fsp3) is 0.625. The summed E-state index contributed by atoms with van der Waals surface area (Å²) < 4.78 is 0. The highest BCUT2D eigenvalue weighted by Gasteiger charge is 2.27. The third-order valence-corrected chi connectivity index (χ3v) is 2.35. The maximum Gasteiger partial charge on any atom is 0.109 e. The molecule has 1 heterocycles. The molecule has 2 rings (SSSR count). The van der Waals surface area contributed by atoms with E-state index in [0.717, 1.165) is 17.2 Å². The number of H-pyrrole nitrogens is 1. The number of imidazole rings is 1. The van der Waals surface area contributed by atoms with Gasteiger partial charge in [0, 0.05) is 11.6 Å². The second-order valence-corrected chi connectivity index (χ2v) is 3.37. The first-order valence-corrected chi connectivity index (χ1v) is 4.46. The average Bonchev–Trinajstić information content (AvgIpc) is 2.76. The van der Waals surface area contributed by atoms with Gasteiger partial charge in [-0.25, -0.2) is 4.98 Å². The Morgan fingerprint density at radius 1 is 1.64 bits per heavy atom. The molecule has 1 N–H and O–H groups in total. The Labute approximate surface area is 71.0 Å². The van der Waals surface area contributed by atoms with Gasteiger partial charge in [-0.2, -0.15) is 0 Å². The fourth-order valence-electron chi connectivity index (χ4n) is 1.20. The highest BCUT2D eigenvalue weighted by Crippen LogP contribution is 2.38. The summed E-state index contributed by atoms with van der Waals surface area (Å²) in [4.78, 5) is 7.66. The lowest BCUT2D eigenvalue weighted by Crippen LogP contribution is -1.81. The monoisotopic (exact) mass is 170 g/mol. The van der Waals surface area contributed by atoms with E-state index in [0.29, 0.717) is 11.8 Å². The van der Waals surface area contributed by atoms with Crippen molar-refractivity contribution in [2.45, 2.75) is 31.6 Å². The first-order chi connectivity index (χ1) is 5.31. The quantitative estimate of drug-likeness (QED) is 0.679. The van der Waals surface area contributed by atoms with Gasteiger partial charge in [-0.3, -0.25) is 0 Å². The van der Waals surface area contributed by atoms with Crippen molar-refractivity contribution in [1.29, 1.82) is 0 Å². The summed E-state index contributed by atoms with van der Waals surface area (Å²) in [5.74, 6) is 2.36. The van der Waals surface area contributed by atoms with E-state index in [1.165, 1.54) is 12.8 Å². The van der Waals surface area contributed by atoms with Crippen LogP contribution in [0.5, 0.6) is 0 Å². The molecule has 1 saturated carbocycles. The van der Waals surface area contributed by atoms with Crippen LogP contribution >= 0.6 is 11.6 Å². The summed E-state index contributed by atoms with van der Waals surface area (Å²) >= 11 is 5.69. The molecule has 2 nitrogen and oxygen atoms in total. The molecule has 0 spiro atoms. The van der Waals surface area contributed by atoms with E-state index in [9.17, 15) is 0 Å². The Morgan fingerprint density at radius 2 is 2.36 bits per heavy atom. The van der Waals surface area contributed by atoms with Crippen molar-refractivity contribution in [3.8, 4) is 0 Å². The van der Waals surface area contributed by atoms with Crippen molar-refractivity contribution < 1.29 is 0 Å². The first-order valence-electron chi connectivity index (χ1n) is 3.92. The lowest BCUT2D eigenvalue weighted by molar-refractivity contribution is 0.962. The molecule has 0 aromatic carbocycles. The number of nitrogens with zero attached hydrogens (tertiary/aromatic N) is 1. The molecule has 3 heteroatoms. The third-order valence-electron chi connectivity index (χ3n) is 2.09. The van der Waals surface area contributed by atoms with E-state index in [4.69, 9.17) is 11.6 Å². The van der Waals surface area contributed by atoms with Gasteiger partial charge in [-0.15, -0.1) is 11.6 Å². The van der Waals surface area contributed by atoms with Crippen LogP contribution in [0, 0.1) is 6.92 Å². The second kappa shape index (κ2) is 2.52. The highest BCUT2D eigenvalue weighted by molar-refractivity contribution is 6.16. The van der Waals surface area contributed by atoms with E-state index >= 15 is 0 Å².